The molecule has 0 saturated heterocycles. The second-order valence-corrected chi connectivity index (χ2v) is 16.4. The molecule has 10 rings (SSSR count). The number of para-hydroxylation sites is 1. The molecule has 4 aromatic heterocycles. The molecule has 58 heavy (non-hydrogen) atoms. The summed E-state index contributed by atoms with van der Waals surface area (Å²) in [5.74, 6) is 2.33. The van der Waals surface area contributed by atoms with E-state index in [0.29, 0.717) is 5.82 Å². The molecule has 6 aromatic carbocycles. The number of benzene rings is 6. The molecule has 0 N–H and O–H groups in total. The fraction of sp³-hybridized carbons (Fsp3) is 0.157. The minimum absolute atomic E-state index is 0. The van der Waals surface area contributed by atoms with Crippen molar-refractivity contribution in [2.24, 2.45) is 0 Å². The van der Waals surface area contributed by atoms with E-state index in [4.69, 9.17) is 24.4 Å². The predicted molar refractivity (Wildman–Crippen MR) is 233 cm³/mol. The second-order valence-electron chi connectivity index (χ2n) is 16.4. The molecule has 6 nitrogen and oxygen atoms in total. The van der Waals surface area contributed by atoms with Gasteiger partial charge in [-0.25, -0.2) is 15.0 Å². The summed E-state index contributed by atoms with van der Waals surface area (Å²) in [7, 11) is 0. The van der Waals surface area contributed by atoms with E-state index in [-0.39, 0.29) is 30.9 Å². The maximum atomic E-state index is 6.18. The standard InChI is InChI=1S/C40H33N4O.C11H8N.Ir/c1-39(2,3)37-42-36(43-38(44-37)40(4,5)6)32-12-9-11-24-25-18-19-31-28(26(25)16-17-27(24)32)20-21-41-35(31)23-14-15-30-29-10-7-8-13-33(29)45-34(30)22-23;1-2-6-10(7-3-1)11-8-4-5-9-12-11;/h7-13,15-22H,1-6H3;1-6,8-9H;/q2*-1;. The van der Waals surface area contributed by atoms with E-state index >= 15 is 0 Å². The van der Waals surface area contributed by atoms with Crippen LogP contribution in [0, 0.1) is 12.1 Å². The third-order valence-electron chi connectivity index (χ3n) is 10.2. The van der Waals surface area contributed by atoms with Crippen LogP contribution in [-0.2, 0) is 30.9 Å². The first-order chi connectivity index (χ1) is 27.5. The van der Waals surface area contributed by atoms with Crippen molar-refractivity contribution in [1.29, 1.82) is 0 Å². The van der Waals surface area contributed by atoms with E-state index in [1.165, 1.54) is 10.8 Å². The summed E-state index contributed by atoms with van der Waals surface area (Å²) in [6.07, 6.45) is 3.68. The summed E-state index contributed by atoms with van der Waals surface area (Å²) in [4.78, 5) is 23.9. The van der Waals surface area contributed by atoms with E-state index in [9.17, 15) is 0 Å². The van der Waals surface area contributed by atoms with E-state index in [2.05, 4.69) is 119 Å². The minimum atomic E-state index is -0.202. The van der Waals surface area contributed by atoms with Gasteiger partial charge in [0.2, 0.25) is 0 Å². The van der Waals surface area contributed by atoms with E-state index < -0.39 is 0 Å². The predicted octanol–water partition coefficient (Wildman–Crippen LogP) is 12.9. The fourth-order valence-electron chi connectivity index (χ4n) is 7.29. The van der Waals surface area contributed by atoms with Crippen LogP contribution in [0.1, 0.15) is 53.2 Å². The van der Waals surface area contributed by atoms with Crippen LogP contribution in [0.4, 0.5) is 0 Å². The van der Waals surface area contributed by atoms with Gasteiger partial charge in [-0.15, -0.1) is 53.6 Å². The Balaban J connectivity index is 0.000000309. The van der Waals surface area contributed by atoms with Crippen molar-refractivity contribution in [2.75, 3.05) is 0 Å². The van der Waals surface area contributed by atoms with E-state index in [1.54, 1.807) is 6.20 Å². The molecule has 0 spiro atoms. The van der Waals surface area contributed by atoms with Gasteiger partial charge in [0.1, 0.15) is 17.2 Å². The first-order valence-electron chi connectivity index (χ1n) is 19.2. The molecular formula is C51H41IrN5O-2. The van der Waals surface area contributed by atoms with Gasteiger partial charge in [-0.2, -0.15) is 0 Å². The SMILES string of the molecule is CC(C)(C)c1nc(-c2cccc3c2ccc2c4ccnc(-c5[c-]cc6c(c5)oc5ccccc56)c4ccc32)nc(C(C)(C)C)n1.[Ir].[c-]1ccccc1-c1ccccn1. The van der Waals surface area contributed by atoms with Crippen molar-refractivity contribution < 1.29 is 24.5 Å². The number of aromatic nitrogens is 5. The molecule has 0 aliphatic heterocycles. The Labute approximate surface area is 351 Å². The van der Waals surface area contributed by atoms with Crippen molar-refractivity contribution >= 4 is 54.3 Å². The van der Waals surface area contributed by atoms with Crippen LogP contribution in [0.3, 0.4) is 0 Å². The van der Waals surface area contributed by atoms with Crippen molar-refractivity contribution in [3.63, 3.8) is 0 Å². The van der Waals surface area contributed by atoms with Gasteiger partial charge in [0, 0.05) is 48.9 Å². The van der Waals surface area contributed by atoms with Crippen molar-refractivity contribution in [3.05, 3.63) is 164 Å². The minimum Gasteiger partial charge on any atom is -0.476 e. The fourth-order valence-corrected chi connectivity index (χ4v) is 7.29. The molecule has 0 bridgehead atoms. The molecule has 0 unspecified atom stereocenters. The van der Waals surface area contributed by atoms with Gasteiger partial charge in [0.15, 0.2) is 5.82 Å². The molecule has 0 atom stereocenters. The number of rotatable bonds is 3. The number of pyridine rings is 2. The monoisotopic (exact) mass is 932 g/mol. The number of hydrogen-bond acceptors (Lipinski definition) is 6. The third-order valence-corrected chi connectivity index (χ3v) is 10.2. The molecule has 0 saturated carbocycles. The molecule has 7 heteroatoms. The van der Waals surface area contributed by atoms with Crippen LogP contribution in [0.5, 0.6) is 0 Å². The van der Waals surface area contributed by atoms with Gasteiger partial charge in [0.05, 0.1) is 5.58 Å². The van der Waals surface area contributed by atoms with Crippen molar-refractivity contribution in [3.8, 4) is 33.9 Å². The molecule has 1 radical (unpaired) electrons. The molecular weight excluding hydrogens is 891 g/mol. The van der Waals surface area contributed by atoms with Crippen LogP contribution < -0.4 is 0 Å². The molecule has 0 aliphatic rings. The Hall–Kier alpha value is -6.14. The summed E-state index contributed by atoms with van der Waals surface area (Å²) in [6, 6.07) is 49.8. The molecule has 10 aromatic rings. The summed E-state index contributed by atoms with van der Waals surface area (Å²) >= 11 is 0. The average Bonchev–Trinajstić information content (AvgIpc) is 3.61. The Morgan fingerprint density at radius 1 is 0.483 bits per heavy atom. The number of nitrogens with zero attached hydrogens (tertiary/aromatic N) is 5. The summed E-state index contributed by atoms with van der Waals surface area (Å²) in [6.45, 7) is 12.9. The summed E-state index contributed by atoms with van der Waals surface area (Å²) < 4.78 is 6.18. The van der Waals surface area contributed by atoms with Gasteiger partial charge in [-0.1, -0.05) is 126 Å². The smallest absolute Gasteiger partial charge is 0.164 e. The van der Waals surface area contributed by atoms with Gasteiger partial charge in [-0.05, 0) is 67.3 Å². The van der Waals surface area contributed by atoms with Crippen LogP contribution >= 0.6 is 0 Å². The quantitative estimate of drug-likeness (QED) is 0.130. The van der Waals surface area contributed by atoms with Crippen LogP contribution in [0.2, 0.25) is 0 Å². The second kappa shape index (κ2) is 15.3. The van der Waals surface area contributed by atoms with Crippen LogP contribution in [0.15, 0.2) is 144 Å². The zero-order valence-electron chi connectivity index (χ0n) is 33.3. The molecule has 0 aliphatic carbocycles. The zero-order valence-corrected chi connectivity index (χ0v) is 35.7. The Morgan fingerprint density at radius 3 is 1.84 bits per heavy atom. The van der Waals surface area contributed by atoms with Crippen molar-refractivity contribution in [2.45, 2.75) is 52.4 Å². The van der Waals surface area contributed by atoms with Gasteiger partial charge in [0.25, 0.3) is 0 Å². The Morgan fingerprint density at radius 2 is 1.14 bits per heavy atom. The third kappa shape index (κ3) is 7.28. The van der Waals surface area contributed by atoms with Gasteiger partial charge >= 0.3 is 0 Å². The molecule has 0 amide bonds. The maximum Gasteiger partial charge on any atom is 0.164 e. The first kappa shape index (κ1) is 38.7. The topological polar surface area (TPSA) is 77.6 Å². The van der Waals surface area contributed by atoms with Crippen LogP contribution in [0.25, 0.3) is 88.2 Å². The number of furan rings is 1. The first-order valence-corrected chi connectivity index (χ1v) is 19.2. The van der Waals surface area contributed by atoms with Gasteiger partial charge < -0.3 is 14.4 Å². The van der Waals surface area contributed by atoms with Crippen molar-refractivity contribution in [1.82, 2.24) is 24.9 Å². The number of fused-ring (bicyclic) bond motifs is 8. The summed E-state index contributed by atoms with van der Waals surface area (Å²) in [5, 5.41) is 9.01. The molecule has 4 heterocycles. The Kier molecular flexibility index (Phi) is 10.2. The average molecular weight is 932 g/mol. The van der Waals surface area contributed by atoms with E-state index in [1.807, 2.05) is 72.9 Å². The summed E-state index contributed by atoms with van der Waals surface area (Å²) in [5.41, 5.74) is 6.13. The van der Waals surface area contributed by atoms with Crippen LogP contribution in [-0.4, -0.2) is 24.9 Å². The maximum absolute atomic E-state index is 6.18. The molecule has 0 fully saturated rings. The number of hydrogen-bond donors (Lipinski definition) is 0. The van der Waals surface area contributed by atoms with Gasteiger partial charge in [-0.3, -0.25) is 0 Å². The zero-order chi connectivity index (χ0) is 39.3. The largest absolute Gasteiger partial charge is 0.476 e. The molecule has 287 valence electrons. The Bertz CT molecular complexity index is 3020. The van der Waals surface area contributed by atoms with E-state index in [0.717, 1.165) is 83.2 Å². The normalized spacial score (nSPS) is 11.8.